The van der Waals surface area contributed by atoms with Crippen molar-refractivity contribution < 1.29 is 4.74 Å². The number of hydrogen-bond acceptors (Lipinski definition) is 5. The molecule has 0 amide bonds. The van der Waals surface area contributed by atoms with Gasteiger partial charge in [0.15, 0.2) is 0 Å². The van der Waals surface area contributed by atoms with Gasteiger partial charge in [-0.05, 0) is 127 Å². The molecule has 8 unspecified atom stereocenters. The van der Waals surface area contributed by atoms with Crippen molar-refractivity contribution in [3.05, 3.63) is 0 Å². The summed E-state index contributed by atoms with van der Waals surface area (Å²) in [5, 5.41) is 16.3. The topological polar surface area (TPSA) is 57.4 Å². The first kappa shape index (κ1) is 20.9. The summed E-state index contributed by atoms with van der Waals surface area (Å²) in [6.45, 7) is 6.94. The third-order valence-corrected chi connectivity index (χ3v) is 12.8. The SMILES string of the molecule is C1CC2(C(COCC(C34CCC(CN3)C4)C34CCC(CN3)C4)C34CCC(CN3)C4)CC1CN2. The molecule has 4 saturated heterocycles. The Kier molecular flexibility index (Phi) is 4.56. The maximum Gasteiger partial charge on any atom is 0.0529 e. The van der Waals surface area contributed by atoms with Gasteiger partial charge in [0.1, 0.15) is 0 Å². The Morgan fingerprint density at radius 1 is 0.515 bits per heavy atom. The first-order valence-corrected chi connectivity index (χ1v) is 14.7. The molecule has 8 atom stereocenters. The molecule has 33 heavy (non-hydrogen) atoms. The number of ether oxygens (including phenoxy) is 1. The van der Waals surface area contributed by atoms with Crippen LogP contribution in [0.5, 0.6) is 0 Å². The first-order chi connectivity index (χ1) is 16.1. The number of fused-ring (bicyclic) bond motifs is 8. The van der Waals surface area contributed by atoms with Crippen molar-refractivity contribution in [1.82, 2.24) is 21.3 Å². The average Bonchev–Trinajstić information content (AvgIpc) is 3.71. The van der Waals surface area contributed by atoms with Gasteiger partial charge in [-0.15, -0.1) is 0 Å². The average molecular weight is 455 g/mol. The summed E-state index contributed by atoms with van der Waals surface area (Å²) >= 11 is 0. The van der Waals surface area contributed by atoms with E-state index in [1.165, 1.54) is 103 Å². The van der Waals surface area contributed by atoms with Crippen molar-refractivity contribution in [1.29, 1.82) is 0 Å². The van der Waals surface area contributed by atoms with Gasteiger partial charge in [0.25, 0.3) is 0 Å². The summed E-state index contributed by atoms with van der Waals surface area (Å²) < 4.78 is 7.03. The Morgan fingerprint density at radius 3 is 1.00 bits per heavy atom. The van der Waals surface area contributed by atoms with Crippen LogP contribution in [0, 0.1) is 35.5 Å². The van der Waals surface area contributed by atoms with E-state index in [0.717, 1.165) is 36.9 Å². The van der Waals surface area contributed by atoms with E-state index < -0.39 is 0 Å². The van der Waals surface area contributed by atoms with Crippen molar-refractivity contribution in [3.63, 3.8) is 0 Å². The Labute approximate surface area is 200 Å². The van der Waals surface area contributed by atoms with Crippen LogP contribution >= 0.6 is 0 Å². The molecule has 4 saturated carbocycles. The minimum atomic E-state index is 0.344. The Hall–Kier alpha value is -0.200. The zero-order valence-electron chi connectivity index (χ0n) is 20.6. The largest absolute Gasteiger partial charge is 0.381 e. The van der Waals surface area contributed by atoms with Crippen molar-refractivity contribution in [2.75, 3.05) is 39.4 Å². The molecule has 8 aliphatic rings. The van der Waals surface area contributed by atoms with E-state index in [1.807, 2.05) is 0 Å². The van der Waals surface area contributed by atoms with Crippen LogP contribution in [-0.2, 0) is 4.74 Å². The minimum Gasteiger partial charge on any atom is -0.381 e. The van der Waals surface area contributed by atoms with Crippen LogP contribution in [0.2, 0.25) is 0 Å². The maximum absolute atomic E-state index is 7.03. The van der Waals surface area contributed by atoms with E-state index in [-0.39, 0.29) is 0 Å². The van der Waals surface area contributed by atoms with Crippen LogP contribution in [-0.4, -0.2) is 61.5 Å². The van der Waals surface area contributed by atoms with Gasteiger partial charge < -0.3 is 26.0 Å². The van der Waals surface area contributed by atoms with Crippen molar-refractivity contribution in [2.24, 2.45) is 35.5 Å². The first-order valence-electron chi connectivity index (χ1n) is 14.7. The molecular weight excluding hydrogens is 408 g/mol. The van der Waals surface area contributed by atoms with Crippen LogP contribution in [0.3, 0.4) is 0 Å². The highest BCUT2D eigenvalue weighted by Gasteiger charge is 2.62. The molecule has 0 aromatic carbocycles. The third-order valence-electron chi connectivity index (χ3n) is 12.8. The van der Waals surface area contributed by atoms with Gasteiger partial charge in [-0.25, -0.2) is 0 Å². The fourth-order valence-corrected chi connectivity index (χ4v) is 11.2. The number of nitrogens with one attached hydrogen (secondary N) is 4. The molecule has 0 spiro atoms. The molecule has 184 valence electrons. The molecule has 5 heteroatoms. The van der Waals surface area contributed by atoms with E-state index in [0.29, 0.717) is 34.0 Å². The lowest BCUT2D eigenvalue weighted by atomic mass is 9.69. The molecule has 4 aliphatic carbocycles. The smallest absolute Gasteiger partial charge is 0.0529 e. The van der Waals surface area contributed by atoms with Gasteiger partial charge in [-0.2, -0.15) is 0 Å². The van der Waals surface area contributed by atoms with Crippen LogP contribution in [0.4, 0.5) is 0 Å². The minimum absolute atomic E-state index is 0.344. The third kappa shape index (κ3) is 2.95. The van der Waals surface area contributed by atoms with Crippen molar-refractivity contribution in [2.45, 2.75) is 99.2 Å². The fraction of sp³-hybridized carbons (Fsp3) is 1.00. The molecule has 8 rings (SSSR count). The molecule has 0 aromatic heterocycles. The molecule has 0 radical (unpaired) electrons. The van der Waals surface area contributed by atoms with Gasteiger partial charge in [0.05, 0.1) is 13.2 Å². The Balaban J connectivity index is 1.05. The van der Waals surface area contributed by atoms with Crippen LogP contribution in [0.15, 0.2) is 0 Å². The quantitative estimate of drug-likeness (QED) is 0.454. The van der Waals surface area contributed by atoms with Gasteiger partial charge in [0.2, 0.25) is 0 Å². The second kappa shape index (κ2) is 7.18. The number of hydrogen-bond donors (Lipinski definition) is 4. The van der Waals surface area contributed by atoms with E-state index in [1.54, 1.807) is 0 Å². The molecule has 8 bridgehead atoms. The highest BCUT2D eigenvalue weighted by molar-refractivity contribution is 5.19. The molecule has 4 aliphatic heterocycles. The van der Waals surface area contributed by atoms with Crippen molar-refractivity contribution >= 4 is 0 Å². The van der Waals surface area contributed by atoms with E-state index in [4.69, 9.17) is 4.74 Å². The van der Waals surface area contributed by atoms with Crippen molar-refractivity contribution in [3.8, 4) is 0 Å². The molecule has 8 fully saturated rings. The fourth-order valence-electron chi connectivity index (χ4n) is 11.2. The van der Waals surface area contributed by atoms with Crippen LogP contribution in [0.25, 0.3) is 0 Å². The number of piperidine rings is 4. The summed E-state index contributed by atoms with van der Waals surface area (Å²) in [7, 11) is 0. The number of rotatable bonds is 8. The summed E-state index contributed by atoms with van der Waals surface area (Å²) in [6, 6.07) is 0. The normalized spacial score (nSPS) is 55.3. The van der Waals surface area contributed by atoms with E-state index in [9.17, 15) is 0 Å². The molecular formula is C28H46N4O. The Bertz CT molecular complexity index is 643. The molecule has 0 aromatic rings. The summed E-state index contributed by atoms with van der Waals surface area (Å²) in [4.78, 5) is 0. The summed E-state index contributed by atoms with van der Waals surface area (Å²) in [5.41, 5.74) is 1.38. The zero-order valence-corrected chi connectivity index (χ0v) is 20.6. The van der Waals surface area contributed by atoms with Crippen LogP contribution < -0.4 is 21.3 Å². The lowest BCUT2D eigenvalue weighted by Gasteiger charge is -2.49. The molecule has 4 heterocycles. The monoisotopic (exact) mass is 454 g/mol. The molecule has 5 nitrogen and oxygen atoms in total. The standard InChI is InChI=1S/C28H46N4O/c1-5-25(9-19(1)13-29-25)23(26-6-2-20(10-26)14-30-26)17-33-18-24(27-7-3-21(11-27)15-31-27)28-8-4-22(12-28)16-32-28/h19-24,29-32H,1-18H2. The highest BCUT2D eigenvalue weighted by Crippen LogP contribution is 2.56. The second-order valence-corrected chi connectivity index (χ2v) is 14.2. The van der Waals surface area contributed by atoms with Gasteiger partial charge in [-0.1, -0.05) is 0 Å². The lowest BCUT2D eigenvalue weighted by Crippen LogP contribution is -2.63. The zero-order chi connectivity index (χ0) is 21.7. The van der Waals surface area contributed by atoms with Gasteiger partial charge in [0, 0.05) is 34.0 Å². The highest BCUT2D eigenvalue weighted by atomic mass is 16.5. The summed E-state index contributed by atoms with van der Waals surface area (Å²) in [6.07, 6.45) is 16.9. The predicted molar refractivity (Wildman–Crippen MR) is 130 cm³/mol. The van der Waals surface area contributed by atoms with Crippen LogP contribution in [0.1, 0.15) is 77.0 Å². The van der Waals surface area contributed by atoms with E-state index >= 15 is 0 Å². The maximum atomic E-state index is 7.03. The predicted octanol–water partition coefficient (Wildman–Crippen LogP) is 2.80. The van der Waals surface area contributed by atoms with Gasteiger partial charge in [-0.3, -0.25) is 0 Å². The van der Waals surface area contributed by atoms with E-state index in [2.05, 4.69) is 21.3 Å². The second-order valence-electron chi connectivity index (χ2n) is 14.2. The molecule has 4 N–H and O–H groups in total. The Morgan fingerprint density at radius 2 is 0.818 bits per heavy atom. The summed E-state index contributed by atoms with van der Waals surface area (Å²) in [5.74, 6) is 4.96. The van der Waals surface area contributed by atoms with Gasteiger partial charge >= 0.3 is 0 Å². The lowest BCUT2D eigenvalue weighted by molar-refractivity contribution is -0.0327.